The fraction of sp³-hybridized carbons (Fsp3) is 0.417. The normalized spacial score (nSPS) is 12.8. The molecule has 0 saturated carbocycles. The van der Waals surface area contributed by atoms with Crippen LogP contribution in [0.25, 0.3) is 0 Å². The summed E-state index contributed by atoms with van der Waals surface area (Å²) in [6.45, 7) is 4.65. The van der Waals surface area contributed by atoms with Gasteiger partial charge in [0.1, 0.15) is 24.0 Å². The number of hydrogen-bond donors (Lipinski definition) is 1. The van der Waals surface area contributed by atoms with E-state index in [-0.39, 0.29) is 29.7 Å². The minimum Gasteiger partial charge on any atom is -0.495 e. The lowest BCUT2D eigenvalue weighted by Gasteiger charge is -2.32. The molecule has 0 aliphatic carbocycles. The van der Waals surface area contributed by atoms with Crippen LogP contribution in [0.2, 0.25) is 0 Å². The van der Waals surface area contributed by atoms with Gasteiger partial charge in [-0.2, -0.15) is 0 Å². The highest BCUT2D eigenvalue weighted by Gasteiger charge is 2.32. The van der Waals surface area contributed by atoms with E-state index in [9.17, 15) is 28.1 Å². The van der Waals surface area contributed by atoms with E-state index in [1.807, 2.05) is 13.8 Å². The Morgan fingerprint density at radius 2 is 1.78 bits per heavy atom. The molecule has 2 aromatic rings. The molecule has 2 aromatic carbocycles. The summed E-state index contributed by atoms with van der Waals surface area (Å²) in [4.78, 5) is 38.5. The number of amides is 2. The van der Waals surface area contributed by atoms with Crippen LogP contribution in [-0.4, -0.2) is 62.0 Å². The molecule has 0 spiro atoms. The zero-order valence-corrected chi connectivity index (χ0v) is 23.7. The second-order valence-electron chi connectivity index (χ2n) is 8.52. The molecule has 0 fully saturated rings. The van der Waals surface area contributed by atoms with Gasteiger partial charge in [0.05, 0.1) is 18.3 Å². The van der Waals surface area contributed by atoms with Crippen molar-refractivity contribution in [1.82, 2.24) is 10.2 Å². The molecule has 0 heterocycles. The van der Waals surface area contributed by atoms with Crippen LogP contribution in [-0.2, 0) is 26.2 Å². The number of sulfonamides is 1. The van der Waals surface area contributed by atoms with Gasteiger partial charge in [-0.3, -0.25) is 24.0 Å². The molecule has 0 bridgehead atoms. The molecule has 2 amide bonds. The Hall–Kier alpha value is -3.19. The van der Waals surface area contributed by atoms with Crippen LogP contribution in [0.4, 0.5) is 11.4 Å². The summed E-state index contributed by atoms with van der Waals surface area (Å²) in [6, 6.07) is 9.55. The van der Waals surface area contributed by atoms with Crippen LogP contribution in [0.3, 0.4) is 0 Å². The van der Waals surface area contributed by atoms with E-state index in [0.29, 0.717) is 6.42 Å². The number of non-ortho nitro benzene ring substituents is 1. The lowest BCUT2D eigenvalue weighted by molar-refractivity contribution is -0.384. The number of rotatable bonds is 12. The molecule has 11 nitrogen and oxygen atoms in total. The minimum atomic E-state index is -4.09. The first-order valence-electron chi connectivity index (χ1n) is 11.4. The number of carbonyl (C=O) groups excluding carboxylic acids is 2. The van der Waals surface area contributed by atoms with Crippen molar-refractivity contribution in [2.45, 2.75) is 45.8 Å². The predicted molar refractivity (Wildman–Crippen MR) is 144 cm³/mol. The molecule has 37 heavy (non-hydrogen) atoms. The predicted octanol–water partition coefficient (Wildman–Crippen LogP) is 3.46. The maximum absolute atomic E-state index is 13.6. The van der Waals surface area contributed by atoms with Gasteiger partial charge in [0.2, 0.25) is 21.8 Å². The zero-order valence-electron chi connectivity index (χ0n) is 21.3. The highest BCUT2D eigenvalue weighted by molar-refractivity contribution is 9.10. The molecule has 0 unspecified atom stereocenters. The zero-order chi connectivity index (χ0) is 27.9. The first kappa shape index (κ1) is 30.0. The van der Waals surface area contributed by atoms with E-state index < -0.39 is 39.3 Å². The monoisotopic (exact) mass is 598 g/mol. The minimum absolute atomic E-state index is 0.0326. The van der Waals surface area contributed by atoms with Gasteiger partial charge < -0.3 is 15.0 Å². The Bertz CT molecular complexity index is 1240. The van der Waals surface area contributed by atoms with Gasteiger partial charge in [-0.25, -0.2) is 8.42 Å². The number of nitrogens with zero attached hydrogens (tertiary/aromatic N) is 3. The second kappa shape index (κ2) is 12.9. The number of nitro groups is 1. The number of ether oxygens (including phenoxy) is 1. The molecule has 0 aliphatic rings. The Labute approximate surface area is 225 Å². The molecule has 13 heteroatoms. The van der Waals surface area contributed by atoms with Crippen molar-refractivity contribution in [2.24, 2.45) is 0 Å². The van der Waals surface area contributed by atoms with Crippen molar-refractivity contribution in [3.8, 4) is 5.75 Å². The van der Waals surface area contributed by atoms with Crippen molar-refractivity contribution in [1.29, 1.82) is 0 Å². The van der Waals surface area contributed by atoms with E-state index in [1.54, 1.807) is 31.2 Å². The topological polar surface area (TPSA) is 139 Å². The van der Waals surface area contributed by atoms with Gasteiger partial charge in [0, 0.05) is 29.2 Å². The third kappa shape index (κ3) is 8.15. The summed E-state index contributed by atoms with van der Waals surface area (Å²) in [5.74, 6) is -1.03. The van der Waals surface area contributed by atoms with E-state index in [1.165, 1.54) is 24.1 Å². The summed E-state index contributed by atoms with van der Waals surface area (Å²) >= 11 is 3.36. The average molecular weight is 600 g/mol. The number of benzene rings is 2. The smallest absolute Gasteiger partial charge is 0.271 e. The largest absolute Gasteiger partial charge is 0.495 e. The molecule has 2 rings (SSSR count). The molecular formula is C24H31BrN4O7S. The number of halogens is 1. The number of nitrogens with one attached hydrogen (secondary N) is 1. The molecule has 0 aromatic heterocycles. The molecule has 202 valence electrons. The maximum Gasteiger partial charge on any atom is 0.271 e. The van der Waals surface area contributed by atoms with Gasteiger partial charge in [-0.05, 0) is 44.0 Å². The summed E-state index contributed by atoms with van der Waals surface area (Å²) in [7, 11) is -2.81. The summed E-state index contributed by atoms with van der Waals surface area (Å²) in [5, 5.41) is 14.2. The number of nitro benzene ring substituents is 1. The second-order valence-corrected chi connectivity index (χ2v) is 11.3. The van der Waals surface area contributed by atoms with Crippen molar-refractivity contribution < 1.29 is 27.7 Å². The summed E-state index contributed by atoms with van der Waals surface area (Å²) in [6.07, 6.45) is 1.57. The lowest BCUT2D eigenvalue weighted by atomic mass is 10.1. The van der Waals surface area contributed by atoms with Gasteiger partial charge in [0.15, 0.2) is 0 Å². The fourth-order valence-corrected chi connectivity index (χ4v) is 4.53. The third-order valence-corrected chi connectivity index (χ3v) is 7.41. The van der Waals surface area contributed by atoms with Crippen LogP contribution in [0, 0.1) is 10.1 Å². The fourth-order valence-electron chi connectivity index (χ4n) is 3.42. The van der Waals surface area contributed by atoms with E-state index in [4.69, 9.17) is 4.74 Å². The molecular weight excluding hydrogens is 568 g/mol. The highest BCUT2D eigenvalue weighted by atomic mass is 79.9. The lowest BCUT2D eigenvalue weighted by Crippen LogP contribution is -2.52. The average Bonchev–Trinajstić information content (AvgIpc) is 2.85. The van der Waals surface area contributed by atoms with Crippen LogP contribution >= 0.6 is 15.9 Å². The standard InChI is InChI=1S/C24H31BrN4O7S/c1-6-16(2)26-24(31)17(3)27(14-18-7-9-19(25)10-8-18)23(30)15-28(37(5,34)35)21-13-20(29(32)33)11-12-22(21)36-4/h7-13,16-17H,6,14-15H2,1-5H3,(H,26,31)/t16-,17-/m0/s1. The molecule has 0 aliphatic heterocycles. The van der Waals surface area contributed by atoms with Crippen molar-refractivity contribution in [3.63, 3.8) is 0 Å². The van der Waals surface area contributed by atoms with E-state index >= 15 is 0 Å². The van der Waals surface area contributed by atoms with Crippen molar-refractivity contribution >= 4 is 49.1 Å². The molecule has 1 N–H and O–H groups in total. The Balaban J connectivity index is 2.50. The van der Waals surface area contributed by atoms with Crippen LogP contribution < -0.4 is 14.4 Å². The van der Waals surface area contributed by atoms with Crippen molar-refractivity contribution in [3.05, 3.63) is 62.6 Å². The Morgan fingerprint density at radius 1 is 1.16 bits per heavy atom. The van der Waals surface area contributed by atoms with E-state index in [2.05, 4.69) is 21.2 Å². The number of carbonyl (C=O) groups is 2. The Morgan fingerprint density at radius 3 is 2.30 bits per heavy atom. The first-order valence-corrected chi connectivity index (χ1v) is 14.1. The van der Waals surface area contributed by atoms with Crippen LogP contribution in [0.15, 0.2) is 46.9 Å². The maximum atomic E-state index is 13.6. The van der Waals surface area contributed by atoms with Crippen LogP contribution in [0.5, 0.6) is 5.75 Å². The molecule has 2 atom stereocenters. The van der Waals surface area contributed by atoms with Gasteiger partial charge in [-0.15, -0.1) is 0 Å². The van der Waals surface area contributed by atoms with Crippen molar-refractivity contribution in [2.75, 3.05) is 24.2 Å². The quantitative estimate of drug-likeness (QED) is 0.291. The highest BCUT2D eigenvalue weighted by Crippen LogP contribution is 2.34. The number of methoxy groups -OCH3 is 1. The van der Waals surface area contributed by atoms with E-state index in [0.717, 1.165) is 26.7 Å². The van der Waals surface area contributed by atoms with Gasteiger partial charge in [0.25, 0.3) is 5.69 Å². The SMILES string of the molecule is CC[C@H](C)NC(=O)[C@H](C)N(Cc1ccc(Br)cc1)C(=O)CN(c1cc([N+](=O)[O-])ccc1OC)S(C)(=O)=O. The molecule has 0 radical (unpaired) electrons. The summed E-state index contributed by atoms with van der Waals surface area (Å²) in [5.41, 5.74) is 0.191. The summed E-state index contributed by atoms with van der Waals surface area (Å²) < 4.78 is 32.3. The third-order valence-electron chi connectivity index (χ3n) is 5.76. The first-order chi connectivity index (χ1) is 17.3. The van der Waals surface area contributed by atoms with Gasteiger partial charge in [-0.1, -0.05) is 35.0 Å². The number of hydrogen-bond acceptors (Lipinski definition) is 7. The number of anilines is 1. The van der Waals surface area contributed by atoms with Gasteiger partial charge >= 0.3 is 0 Å². The van der Waals surface area contributed by atoms with Crippen LogP contribution in [0.1, 0.15) is 32.8 Å². The molecule has 0 saturated heterocycles. The Kier molecular flexibility index (Phi) is 10.4.